The van der Waals surface area contributed by atoms with Gasteiger partial charge in [0, 0.05) is 25.2 Å². The number of hydrogen-bond acceptors (Lipinski definition) is 4. The highest BCUT2D eigenvalue weighted by molar-refractivity contribution is 5.40. The van der Waals surface area contributed by atoms with Crippen molar-refractivity contribution in [3.63, 3.8) is 0 Å². The highest BCUT2D eigenvalue weighted by Crippen LogP contribution is 2.24. The molecule has 18 heavy (non-hydrogen) atoms. The summed E-state index contributed by atoms with van der Waals surface area (Å²) in [5, 5.41) is 4.58. The van der Waals surface area contributed by atoms with Crippen LogP contribution in [0.4, 0.5) is 0 Å². The molecule has 3 rings (SSSR count). The normalized spacial score (nSPS) is 21.6. The summed E-state index contributed by atoms with van der Waals surface area (Å²) in [6, 6.07) is 4.02. The van der Waals surface area contributed by atoms with E-state index in [4.69, 9.17) is 5.73 Å². The van der Waals surface area contributed by atoms with Crippen LogP contribution in [0.2, 0.25) is 0 Å². The van der Waals surface area contributed by atoms with Crippen molar-refractivity contribution in [3.8, 4) is 0 Å². The zero-order valence-electron chi connectivity index (χ0n) is 10.7. The molecule has 1 aliphatic rings. The first kappa shape index (κ1) is 11.6. The van der Waals surface area contributed by atoms with Crippen LogP contribution in [0, 0.1) is 0 Å². The number of likely N-dealkylation sites (tertiary alicyclic amines) is 1. The summed E-state index contributed by atoms with van der Waals surface area (Å²) < 4.78 is 1.85. The SMILES string of the molecule is CN1CCCC(c2nc3cc(CN)ccn3n2)C1. The molecule has 0 amide bonds. The lowest BCUT2D eigenvalue weighted by atomic mass is 9.98. The van der Waals surface area contributed by atoms with E-state index in [1.54, 1.807) is 0 Å². The first-order valence-corrected chi connectivity index (χ1v) is 6.50. The lowest BCUT2D eigenvalue weighted by molar-refractivity contribution is 0.246. The number of likely N-dealkylation sites (N-methyl/N-ethyl adjacent to an activating group) is 1. The molecule has 1 saturated heterocycles. The van der Waals surface area contributed by atoms with Gasteiger partial charge in [-0.3, -0.25) is 0 Å². The van der Waals surface area contributed by atoms with Gasteiger partial charge in [-0.25, -0.2) is 9.50 Å². The van der Waals surface area contributed by atoms with Gasteiger partial charge in [-0.05, 0) is 44.1 Å². The average Bonchev–Trinajstić information content (AvgIpc) is 2.81. The molecular formula is C13H19N5. The van der Waals surface area contributed by atoms with E-state index in [0.29, 0.717) is 12.5 Å². The Labute approximate surface area is 107 Å². The summed E-state index contributed by atoms with van der Waals surface area (Å²) in [5.41, 5.74) is 7.65. The number of fused-ring (bicyclic) bond motifs is 1. The third kappa shape index (κ3) is 2.11. The van der Waals surface area contributed by atoms with Crippen LogP contribution in [-0.4, -0.2) is 39.6 Å². The molecule has 1 unspecified atom stereocenters. The molecule has 1 fully saturated rings. The third-order valence-corrected chi connectivity index (χ3v) is 3.64. The van der Waals surface area contributed by atoms with Crippen LogP contribution in [0.15, 0.2) is 18.3 Å². The lowest BCUT2D eigenvalue weighted by Gasteiger charge is -2.27. The molecule has 0 aliphatic carbocycles. The number of nitrogens with zero attached hydrogens (tertiary/aromatic N) is 4. The van der Waals surface area contributed by atoms with E-state index >= 15 is 0 Å². The highest BCUT2D eigenvalue weighted by Gasteiger charge is 2.22. The molecule has 0 saturated carbocycles. The molecule has 2 aromatic rings. The maximum Gasteiger partial charge on any atom is 0.156 e. The molecule has 0 radical (unpaired) electrons. The molecule has 0 bridgehead atoms. The van der Waals surface area contributed by atoms with Crippen LogP contribution >= 0.6 is 0 Å². The van der Waals surface area contributed by atoms with Gasteiger partial charge in [-0.2, -0.15) is 5.10 Å². The second-order valence-electron chi connectivity index (χ2n) is 5.11. The zero-order valence-corrected chi connectivity index (χ0v) is 10.7. The predicted molar refractivity (Wildman–Crippen MR) is 70.4 cm³/mol. The highest BCUT2D eigenvalue weighted by atomic mass is 15.3. The second kappa shape index (κ2) is 4.66. The van der Waals surface area contributed by atoms with E-state index in [1.807, 2.05) is 22.8 Å². The Hall–Kier alpha value is -1.46. The zero-order chi connectivity index (χ0) is 12.5. The largest absolute Gasteiger partial charge is 0.326 e. The number of nitrogens with two attached hydrogens (primary N) is 1. The van der Waals surface area contributed by atoms with Crippen LogP contribution in [-0.2, 0) is 6.54 Å². The van der Waals surface area contributed by atoms with Crippen LogP contribution in [0.3, 0.4) is 0 Å². The summed E-state index contributed by atoms with van der Waals surface area (Å²) >= 11 is 0. The van der Waals surface area contributed by atoms with E-state index < -0.39 is 0 Å². The molecule has 5 nitrogen and oxygen atoms in total. The maximum atomic E-state index is 5.64. The minimum absolute atomic E-state index is 0.463. The first-order valence-electron chi connectivity index (χ1n) is 6.50. The van der Waals surface area contributed by atoms with Crippen LogP contribution < -0.4 is 5.73 Å². The predicted octanol–water partition coefficient (Wildman–Crippen LogP) is 0.997. The summed E-state index contributed by atoms with van der Waals surface area (Å²) in [6.45, 7) is 2.78. The Bertz CT molecular complexity index is 547. The topological polar surface area (TPSA) is 59.5 Å². The molecule has 2 aromatic heterocycles. The Balaban J connectivity index is 1.92. The Morgan fingerprint density at radius 1 is 1.50 bits per heavy atom. The maximum absolute atomic E-state index is 5.64. The number of hydrogen-bond donors (Lipinski definition) is 1. The van der Waals surface area contributed by atoms with Gasteiger partial charge < -0.3 is 10.6 Å². The molecule has 2 N–H and O–H groups in total. The summed E-state index contributed by atoms with van der Waals surface area (Å²) in [7, 11) is 2.16. The molecular weight excluding hydrogens is 226 g/mol. The smallest absolute Gasteiger partial charge is 0.156 e. The lowest BCUT2D eigenvalue weighted by Crippen LogP contribution is -2.31. The van der Waals surface area contributed by atoms with Crippen molar-refractivity contribution in [1.82, 2.24) is 19.5 Å². The van der Waals surface area contributed by atoms with Crippen molar-refractivity contribution in [3.05, 3.63) is 29.7 Å². The summed E-state index contributed by atoms with van der Waals surface area (Å²) in [6.07, 6.45) is 4.36. The van der Waals surface area contributed by atoms with E-state index in [-0.39, 0.29) is 0 Å². The van der Waals surface area contributed by atoms with Gasteiger partial charge in [0.1, 0.15) is 0 Å². The van der Waals surface area contributed by atoms with Crippen molar-refractivity contribution >= 4 is 5.65 Å². The van der Waals surface area contributed by atoms with Crippen LogP contribution in [0.25, 0.3) is 5.65 Å². The molecule has 96 valence electrons. The fraction of sp³-hybridized carbons (Fsp3) is 0.538. The number of aromatic nitrogens is 3. The van der Waals surface area contributed by atoms with E-state index in [9.17, 15) is 0 Å². The molecule has 1 atom stereocenters. The van der Waals surface area contributed by atoms with Gasteiger partial charge in [0.05, 0.1) is 0 Å². The minimum atomic E-state index is 0.463. The molecule has 3 heterocycles. The van der Waals surface area contributed by atoms with Crippen molar-refractivity contribution < 1.29 is 0 Å². The average molecular weight is 245 g/mol. The van der Waals surface area contributed by atoms with Gasteiger partial charge in [0.2, 0.25) is 0 Å². The second-order valence-corrected chi connectivity index (χ2v) is 5.11. The third-order valence-electron chi connectivity index (χ3n) is 3.64. The Morgan fingerprint density at radius 3 is 3.17 bits per heavy atom. The first-order chi connectivity index (χ1) is 8.76. The monoisotopic (exact) mass is 245 g/mol. The van der Waals surface area contributed by atoms with Crippen molar-refractivity contribution in [1.29, 1.82) is 0 Å². The fourth-order valence-electron chi connectivity index (χ4n) is 2.62. The van der Waals surface area contributed by atoms with Crippen molar-refractivity contribution in [2.45, 2.75) is 25.3 Å². The summed E-state index contributed by atoms with van der Waals surface area (Å²) in [5.74, 6) is 1.43. The standard InChI is InChI=1S/C13H19N5/c1-17-5-2-3-11(9-17)13-15-12-7-10(8-14)4-6-18(12)16-13/h4,6-7,11H,2-3,5,8-9,14H2,1H3. The van der Waals surface area contributed by atoms with Crippen molar-refractivity contribution in [2.75, 3.05) is 20.1 Å². The number of pyridine rings is 1. The van der Waals surface area contributed by atoms with E-state index in [2.05, 4.69) is 22.0 Å². The van der Waals surface area contributed by atoms with E-state index in [1.165, 1.54) is 19.4 Å². The number of rotatable bonds is 2. The molecule has 0 spiro atoms. The molecule has 1 aliphatic heterocycles. The summed E-state index contributed by atoms with van der Waals surface area (Å²) in [4.78, 5) is 7.00. The van der Waals surface area contributed by atoms with E-state index in [0.717, 1.165) is 23.6 Å². The Morgan fingerprint density at radius 2 is 2.39 bits per heavy atom. The fourth-order valence-corrected chi connectivity index (χ4v) is 2.62. The van der Waals surface area contributed by atoms with Gasteiger partial charge >= 0.3 is 0 Å². The quantitative estimate of drug-likeness (QED) is 0.857. The molecule has 0 aromatic carbocycles. The Kier molecular flexibility index (Phi) is 3.01. The van der Waals surface area contributed by atoms with Gasteiger partial charge in [0.25, 0.3) is 0 Å². The minimum Gasteiger partial charge on any atom is -0.326 e. The number of piperidine rings is 1. The van der Waals surface area contributed by atoms with Crippen LogP contribution in [0.1, 0.15) is 30.1 Å². The van der Waals surface area contributed by atoms with Crippen LogP contribution in [0.5, 0.6) is 0 Å². The van der Waals surface area contributed by atoms with Gasteiger partial charge in [-0.15, -0.1) is 0 Å². The van der Waals surface area contributed by atoms with Gasteiger partial charge in [0.15, 0.2) is 11.5 Å². The van der Waals surface area contributed by atoms with Gasteiger partial charge in [-0.1, -0.05) is 0 Å². The van der Waals surface area contributed by atoms with Crippen molar-refractivity contribution in [2.24, 2.45) is 5.73 Å². The molecule has 5 heteroatoms.